The molecule has 1 amide bonds. The molecule has 0 unspecified atom stereocenters. The summed E-state index contributed by atoms with van der Waals surface area (Å²) in [5.41, 5.74) is 4.78. The van der Waals surface area contributed by atoms with Crippen LogP contribution in [0.1, 0.15) is 34.0 Å². The van der Waals surface area contributed by atoms with E-state index >= 15 is 0 Å². The SMILES string of the molecule is CC(=O)c1ccc(OCc2c(C)cccc2N(C)N)c(C)c1.CN(N)C=O. The first kappa shape index (κ1) is 22.1. The molecule has 146 valence electrons. The molecule has 0 atom stereocenters. The second-order valence-corrected chi connectivity index (χ2v) is 6.28. The summed E-state index contributed by atoms with van der Waals surface area (Å²) in [7, 11) is 3.28. The molecule has 0 heterocycles. The van der Waals surface area contributed by atoms with Crippen molar-refractivity contribution in [1.29, 1.82) is 0 Å². The Hall–Kier alpha value is -2.90. The van der Waals surface area contributed by atoms with Crippen LogP contribution in [0.4, 0.5) is 5.69 Å². The van der Waals surface area contributed by atoms with Crippen molar-refractivity contribution in [3.05, 3.63) is 58.7 Å². The van der Waals surface area contributed by atoms with Crippen molar-refractivity contribution < 1.29 is 14.3 Å². The van der Waals surface area contributed by atoms with Crippen molar-refractivity contribution in [2.24, 2.45) is 11.7 Å². The van der Waals surface area contributed by atoms with Crippen LogP contribution >= 0.6 is 0 Å². The molecule has 2 aromatic carbocycles. The Morgan fingerprint density at radius 1 is 1.11 bits per heavy atom. The lowest BCUT2D eigenvalue weighted by molar-refractivity contribution is -0.117. The summed E-state index contributed by atoms with van der Waals surface area (Å²) in [6.45, 7) is 5.97. The fraction of sp³-hybridized carbons (Fsp3) is 0.300. The van der Waals surface area contributed by atoms with E-state index in [0.29, 0.717) is 18.6 Å². The van der Waals surface area contributed by atoms with Gasteiger partial charge in [0.05, 0.1) is 5.69 Å². The normalized spacial score (nSPS) is 9.74. The average Bonchev–Trinajstić information content (AvgIpc) is 2.61. The summed E-state index contributed by atoms with van der Waals surface area (Å²) < 4.78 is 5.94. The Balaban J connectivity index is 0.000000646. The molecule has 0 aliphatic carbocycles. The van der Waals surface area contributed by atoms with Gasteiger partial charge in [0.1, 0.15) is 12.4 Å². The molecule has 0 saturated carbocycles. The van der Waals surface area contributed by atoms with Crippen LogP contribution in [0.25, 0.3) is 0 Å². The van der Waals surface area contributed by atoms with Gasteiger partial charge in [0.15, 0.2) is 5.78 Å². The number of carbonyl (C=O) groups excluding carboxylic acids is 2. The molecule has 0 fully saturated rings. The number of aryl methyl sites for hydroxylation is 2. The highest BCUT2D eigenvalue weighted by Crippen LogP contribution is 2.25. The number of Topliss-reactive ketones (excluding diaryl/α,β-unsaturated/α-hetero) is 1. The molecule has 0 aliphatic rings. The van der Waals surface area contributed by atoms with Crippen LogP contribution in [0.2, 0.25) is 0 Å². The van der Waals surface area contributed by atoms with Gasteiger partial charge in [-0.05, 0) is 56.2 Å². The highest BCUT2D eigenvalue weighted by atomic mass is 16.5. The van der Waals surface area contributed by atoms with Gasteiger partial charge in [0.2, 0.25) is 6.41 Å². The monoisotopic (exact) mass is 372 g/mol. The maximum absolute atomic E-state index is 11.4. The lowest BCUT2D eigenvalue weighted by Gasteiger charge is -2.19. The van der Waals surface area contributed by atoms with E-state index in [4.69, 9.17) is 16.4 Å². The second-order valence-electron chi connectivity index (χ2n) is 6.28. The Labute approximate surface area is 160 Å². The van der Waals surface area contributed by atoms with Crippen LogP contribution in [0, 0.1) is 13.8 Å². The predicted octanol–water partition coefficient (Wildman–Crippen LogP) is 2.34. The molecule has 0 bridgehead atoms. The van der Waals surface area contributed by atoms with E-state index < -0.39 is 0 Å². The number of ketones is 1. The van der Waals surface area contributed by atoms with Crippen molar-refractivity contribution in [3.8, 4) is 5.75 Å². The second kappa shape index (κ2) is 10.3. The highest BCUT2D eigenvalue weighted by molar-refractivity contribution is 5.94. The summed E-state index contributed by atoms with van der Waals surface area (Å²) in [6, 6.07) is 11.5. The number of nitrogens with zero attached hydrogens (tertiary/aromatic N) is 2. The quantitative estimate of drug-likeness (QED) is 0.265. The van der Waals surface area contributed by atoms with E-state index in [1.165, 1.54) is 7.05 Å². The van der Waals surface area contributed by atoms with Gasteiger partial charge in [-0.2, -0.15) is 0 Å². The summed E-state index contributed by atoms with van der Waals surface area (Å²) in [5.74, 6) is 11.5. The first-order valence-corrected chi connectivity index (χ1v) is 8.41. The smallest absolute Gasteiger partial charge is 0.223 e. The Kier molecular flexibility index (Phi) is 8.44. The largest absolute Gasteiger partial charge is 0.489 e. The molecule has 0 aromatic heterocycles. The van der Waals surface area contributed by atoms with Crippen LogP contribution in [0.5, 0.6) is 5.75 Å². The molecule has 27 heavy (non-hydrogen) atoms. The van der Waals surface area contributed by atoms with E-state index in [1.54, 1.807) is 18.0 Å². The highest BCUT2D eigenvalue weighted by Gasteiger charge is 2.10. The number of nitrogens with two attached hydrogens (primary N) is 2. The first-order chi connectivity index (χ1) is 12.7. The van der Waals surface area contributed by atoms with Crippen molar-refractivity contribution in [1.82, 2.24) is 5.01 Å². The topological polar surface area (TPSA) is 102 Å². The van der Waals surface area contributed by atoms with Gasteiger partial charge >= 0.3 is 0 Å². The summed E-state index contributed by atoms with van der Waals surface area (Å²) >= 11 is 0. The van der Waals surface area contributed by atoms with Crippen LogP contribution in [0.3, 0.4) is 0 Å². The number of amides is 1. The van der Waals surface area contributed by atoms with E-state index in [-0.39, 0.29) is 5.78 Å². The minimum Gasteiger partial charge on any atom is -0.489 e. The predicted molar refractivity (Wildman–Crippen MR) is 107 cm³/mol. The first-order valence-electron chi connectivity index (χ1n) is 8.41. The molecule has 7 nitrogen and oxygen atoms in total. The maximum atomic E-state index is 11.4. The third-order valence-corrected chi connectivity index (χ3v) is 3.89. The Bertz CT molecular complexity index is 789. The van der Waals surface area contributed by atoms with Gasteiger partial charge in [-0.15, -0.1) is 0 Å². The maximum Gasteiger partial charge on any atom is 0.223 e. The fourth-order valence-electron chi connectivity index (χ4n) is 2.39. The van der Waals surface area contributed by atoms with Gasteiger partial charge < -0.3 is 9.75 Å². The van der Waals surface area contributed by atoms with Crippen LogP contribution in [-0.2, 0) is 11.4 Å². The van der Waals surface area contributed by atoms with E-state index in [0.717, 1.165) is 33.1 Å². The number of ether oxygens (including phenoxy) is 1. The molecule has 0 spiro atoms. The zero-order valence-corrected chi connectivity index (χ0v) is 16.5. The van der Waals surface area contributed by atoms with Gasteiger partial charge in [-0.25, -0.2) is 11.7 Å². The van der Waals surface area contributed by atoms with Crippen molar-refractivity contribution in [2.75, 3.05) is 19.1 Å². The van der Waals surface area contributed by atoms with E-state index in [2.05, 4.69) is 0 Å². The zero-order valence-electron chi connectivity index (χ0n) is 16.5. The van der Waals surface area contributed by atoms with Gasteiger partial charge in [-0.3, -0.25) is 14.6 Å². The number of hydrogen-bond donors (Lipinski definition) is 2. The molecule has 2 aromatic rings. The number of carbonyl (C=O) groups is 2. The van der Waals surface area contributed by atoms with Crippen LogP contribution < -0.4 is 21.4 Å². The van der Waals surface area contributed by atoms with Gasteiger partial charge in [0.25, 0.3) is 0 Å². The number of anilines is 1. The third kappa shape index (κ3) is 6.73. The minimum absolute atomic E-state index is 0.0561. The third-order valence-electron chi connectivity index (χ3n) is 3.89. The fourth-order valence-corrected chi connectivity index (χ4v) is 2.39. The lowest BCUT2D eigenvalue weighted by atomic mass is 10.1. The molecule has 7 heteroatoms. The molecular weight excluding hydrogens is 344 g/mol. The minimum atomic E-state index is 0.0561. The van der Waals surface area contributed by atoms with Gasteiger partial charge in [0, 0.05) is 25.2 Å². The summed E-state index contributed by atoms with van der Waals surface area (Å²) in [6.07, 6.45) is 0.528. The molecule has 0 aliphatic heterocycles. The van der Waals surface area contributed by atoms with Gasteiger partial charge in [-0.1, -0.05) is 12.1 Å². The summed E-state index contributed by atoms with van der Waals surface area (Å²) in [4.78, 5) is 20.7. The zero-order chi connectivity index (χ0) is 20.6. The van der Waals surface area contributed by atoms with Crippen molar-refractivity contribution >= 4 is 17.9 Å². The molecule has 0 radical (unpaired) electrons. The standard InChI is InChI=1S/C18H22N2O2.C2H6N2O/c1-12-6-5-7-17(20(4)19)16(12)11-22-18-9-8-15(14(3)21)10-13(18)2;1-4(3)2-5/h5-10H,11,19H2,1-4H3;2H,3H2,1H3. The Morgan fingerprint density at radius 3 is 2.22 bits per heavy atom. The molecule has 4 N–H and O–H groups in total. The average molecular weight is 372 g/mol. The molecular formula is C20H28N4O3. The molecule has 0 saturated heterocycles. The Morgan fingerprint density at radius 2 is 1.74 bits per heavy atom. The van der Waals surface area contributed by atoms with Crippen molar-refractivity contribution in [3.63, 3.8) is 0 Å². The number of benzene rings is 2. The summed E-state index contributed by atoms with van der Waals surface area (Å²) in [5, 5.41) is 2.54. The number of hydrazine groups is 2. The lowest BCUT2D eigenvalue weighted by Crippen LogP contribution is -2.26. The molecule has 2 rings (SSSR count). The van der Waals surface area contributed by atoms with E-state index in [9.17, 15) is 9.59 Å². The van der Waals surface area contributed by atoms with Crippen LogP contribution in [-0.4, -0.2) is 31.3 Å². The van der Waals surface area contributed by atoms with E-state index in [1.807, 2.05) is 51.2 Å². The van der Waals surface area contributed by atoms with Crippen LogP contribution in [0.15, 0.2) is 36.4 Å². The number of rotatable bonds is 6. The number of hydrogen-bond acceptors (Lipinski definition) is 6. The van der Waals surface area contributed by atoms with Crippen molar-refractivity contribution in [2.45, 2.75) is 27.4 Å².